The number of aliphatic hydroxyl groups is 1. The van der Waals surface area contributed by atoms with Crippen LogP contribution in [0.4, 0.5) is 0 Å². The molecule has 0 saturated carbocycles. The number of benzene rings is 2. The molecule has 0 aliphatic carbocycles. The number of hydrogen-bond acceptors (Lipinski definition) is 8. The Kier molecular flexibility index (Phi) is 14.8. The van der Waals surface area contributed by atoms with Gasteiger partial charge in [-0.25, -0.2) is 0 Å². The number of likely N-dealkylation sites (tertiary alicyclic amines) is 2. The number of nitrogens with zero attached hydrogens (tertiary/aromatic N) is 2. The average Bonchev–Trinajstić information content (AvgIpc) is 3.60. The van der Waals surface area contributed by atoms with Gasteiger partial charge in [-0.2, -0.15) is 0 Å². The van der Waals surface area contributed by atoms with Crippen molar-refractivity contribution in [1.82, 2.24) is 9.80 Å². The van der Waals surface area contributed by atoms with Crippen LogP contribution in [0, 0.1) is 10.8 Å². The van der Waals surface area contributed by atoms with Gasteiger partial charge < -0.3 is 28.8 Å². The molecule has 0 spiro atoms. The van der Waals surface area contributed by atoms with Gasteiger partial charge in [0.2, 0.25) is 11.8 Å². The van der Waals surface area contributed by atoms with Crippen LogP contribution in [0.2, 0.25) is 18.1 Å². The molecule has 11 heteroatoms. The van der Waals surface area contributed by atoms with Crippen molar-refractivity contribution in [3.63, 3.8) is 0 Å². The van der Waals surface area contributed by atoms with Gasteiger partial charge in [0.1, 0.15) is 11.2 Å². The molecule has 2 fully saturated rings. The van der Waals surface area contributed by atoms with Crippen LogP contribution in [0.3, 0.4) is 0 Å². The van der Waals surface area contributed by atoms with Gasteiger partial charge in [-0.3, -0.25) is 19.2 Å². The summed E-state index contributed by atoms with van der Waals surface area (Å²) in [7, 11) is -1.95. The first-order valence-corrected chi connectivity index (χ1v) is 22.6. The molecule has 1 N–H and O–H groups in total. The largest absolute Gasteiger partial charge is 0.459 e. The maximum atomic E-state index is 13.3. The van der Waals surface area contributed by atoms with E-state index in [0.29, 0.717) is 19.6 Å². The van der Waals surface area contributed by atoms with Crippen molar-refractivity contribution in [2.45, 2.75) is 143 Å². The molecule has 4 rings (SSSR count). The van der Waals surface area contributed by atoms with Crippen LogP contribution >= 0.6 is 0 Å². The topological polar surface area (TPSA) is 123 Å². The predicted octanol–water partition coefficient (Wildman–Crippen LogP) is 8.41. The minimum Gasteiger partial charge on any atom is -0.459 e. The zero-order valence-electron chi connectivity index (χ0n) is 35.8. The highest BCUT2D eigenvalue weighted by atomic mass is 28.4. The molecule has 2 aliphatic heterocycles. The normalized spacial score (nSPS) is 21.9. The van der Waals surface area contributed by atoms with Gasteiger partial charge in [-0.1, -0.05) is 81.4 Å². The smallest absolute Gasteiger partial charge is 0.315 e. The Hall–Kier alpha value is -3.54. The van der Waals surface area contributed by atoms with Crippen LogP contribution in [-0.2, 0) is 33.1 Å². The molecule has 0 aromatic heterocycles. The maximum absolute atomic E-state index is 13.3. The number of aliphatic hydroxyl groups excluding tert-OH is 1. The Balaban J connectivity index is 0.000000305. The first-order chi connectivity index (χ1) is 25.3. The Morgan fingerprint density at radius 3 is 1.38 bits per heavy atom. The molecule has 2 aliphatic rings. The molecule has 2 saturated heterocycles. The van der Waals surface area contributed by atoms with Gasteiger partial charge in [-0.05, 0) is 97.5 Å². The quantitative estimate of drug-likeness (QED) is 0.168. The summed E-state index contributed by atoms with van der Waals surface area (Å²) in [6, 6.07) is 19.5. The molecule has 2 heterocycles. The zero-order chi connectivity index (χ0) is 41.6. The number of amides is 2. The third-order valence-corrected chi connectivity index (χ3v) is 15.7. The van der Waals surface area contributed by atoms with E-state index in [1.54, 1.807) is 25.7 Å². The first kappa shape index (κ1) is 45.8. The van der Waals surface area contributed by atoms with Gasteiger partial charge in [0.05, 0.1) is 22.9 Å². The van der Waals surface area contributed by atoms with Crippen molar-refractivity contribution in [3.8, 4) is 0 Å². The first-order valence-electron chi connectivity index (χ1n) is 19.7. The van der Waals surface area contributed by atoms with E-state index < -0.39 is 36.3 Å². The van der Waals surface area contributed by atoms with Gasteiger partial charge >= 0.3 is 11.9 Å². The molecule has 0 radical (unpaired) electrons. The molecule has 10 nitrogen and oxygen atoms in total. The van der Waals surface area contributed by atoms with Crippen LogP contribution in [0.25, 0.3) is 0 Å². The Morgan fingerprint density at radius 1 is 0.691 bits per heavy atom. The lowest BCUT2D eigenvalue weighted by Gasteiger charge is -2.38. The second-order valence-electron chi connectivity index (χ2n) is 19.0. The van der Waals surface area contributed by atoms with Crippen molar-refractivity contribution in [3.05, 3.63) is 71.8 Å². The fraction of sp³-hybridized carbons (Fsp3) is 0.636. The Bertz CT molecular complexity index is 1610. The summed E-state index contributed by atoms with van der Waals surface area (Å²) < 4.78 is 17.7. The van der Waals surface area contributed by atoms with E-state index in [0.717, 1.165) is 11.1 Å². The maximum Gasteiger partial charge on any atom is 0.315 e. The Morgan fingerprint density at radius 2 is 1.05 bits per heavy atom. The Labute approximate surface area is 331 Å². The average molecular weight is 781 g/mol. The highest BCUT2D eigenvalue weighted by molar-refractivity contribution is 6.74. The van der Waals surface area contributed by atoms with E-state index in [4.69, 9.17) is 13.9 Å². The fourth-order valence-electron chi connectivity index (χ4n) is 6.77. The highest BCUT2D eigenvalue weighted by Gasteiger charge is 2.53. The number of hydrogen-bond donors (Lipinski definition) is 1. The summed E-state index contributed by atoms with van der Waals surface area (Å²) >= 11 is 0. The lowest BCUT2D eigenvalue weighted by molar-refractivity contribution is -0.169. The zero-order valence-corrected chi connectivity index (χ0v) is 36.8. The predicted molar refractivity (Wildman–Crippen MR) is 218 cm³/mol. The van der Waals surface area contributed by atoms with Crippen LogP contribution in [0.15, 0.2) is 60.7 Å². The van der Waals surface area contributed by atoms with E-state index >= 15 is 0 Å². The number of esters is 2. The summed E-state index contributed by atoms with van der Waals surface area (Å²) in [6.07, 6.45) is 0.962. The van der Waals surface area contributed by atoms with Crippen LogP contribution in [-0.4, -0.2) is 84.5 Å². The molecule has 306 valence electrons. The van der Waals surface area contributed by atoms with Gasteiger partial charge in [-0.15, -0.1) is 0 Å². The van der Waals surface area contributed by atoms with Crippen LogP contribution in [0.5, 0.6) is 0 Å². The van der Waals surface area contributed by atoms with Crippen molar-refractivity contribution in [2.75, 3.05) is 26.3 Å². The van der Waals surface area contributed by atoms with Gasteiger partial charge in [0.15, 0.2) is 8.32 Å². The van der Waals surface area contributed by atoms with Crippen molar-refractivity contribution in [1.29, 1.82) is 0 Å². The van der Waals surface area contributed by atoms with Crippen LogP contribution < -0.4 is 0 Å². The molecule has 55 heavy (non-hydrogen) atoms. The molecular formula is C44H68N2O8Si. The summed E-state index contributed by atoms with van der Waals surface area (Å²) in [4.78, 5) is 55.3. The van der Waals surface area contributed by atoms with E-state index in [-0.39, 0.29) is 67.3 Å². The number of ether oxygens (including phenoxy) is 2. The minimum absolute atomic E-state index is 0.00506. The van der Waals surface area contributed by atoms with E-state index in [9.17, 15) is 24.3 Å². The highest BCUT2D eigenvalue weighted by Crippen LogP contribution is 2.43. The molecule has 0 unspecified atom stereocenters. The molecule has 2 amide bonds. The lowest BCUT2D eigenvalue weighted by atomic mass is 9.83. The van der Waals surface area contributed by atoms with E-state index in [1.165, 1.54) is 0 Å². The summed E-state index contributed by atoms with van der Waals surface area (Å²) in [6.45, 7) is 26.9. The van der Waals surface area contributed by atoms with Gasteiger partial charge in [0, 0.05) is 39.1 Å². The molecule has 2 aromatic carbocycles. The van der Waals surface area contributed by atoms with Crippen molar-refractivity contribution < 1.29 is 38.2 Å². The molecule has 4 atom stereocenters. The number of carbonyl (C=O) groups is 4. The lowest BCUT2D eigenvalue weighted by Crippen LogP contribution is -2.44. The number of carbonyl (C=O) groups excluding carboxylic acids is 4. The molecular weight excluding hydrogens is 713 g/mol. The van der Waals surface area contributed by atoms with Crippen molar-refractivity contribution in [2.24, 2.45) is 10.8 Å². The third-order valence-electron chi connectivity index (χ3n) is 11.2. The SMILES string of the molecule is C[C@H](c1ccccc1)N1C[C@@](CCO)(C(=O)OC(C)(C)C)CC1=O.C[C@H](c1ccccc1)N1C[C@@](CCO[Si](C)(C)C(C)(C)C)(C(=O)OC(C)(C)C)CC1=O. The summed E-state index contributed by atoms with van der Waals surface area (Å²) in [5, 5.41) is 9.52. The molecule has 0 bridgehead atoms. The standard InChI is InChI=1S/C25H41NO4Si.C19H27NO4/c1-19(20-13-11-10-12-14-20)26-18-25(17-21(26)27,22(28)30-23(2,3)4)15-16-29-31(8,9)24(5,6)7;1-14(15-8-6-5-7-9-15)20-13-19(10-11-21,12-16(20)22)17(23)24-18(2,3)4/h10-14,19H,15-18H2,1-9H3;5-9,14,21H,10-13H2,1-4H3/t19-,25+;14-,19+/m11/s1. The van der Waals surface area contributed by atoms with Crippen molar-refractivity contribution >= 4 is 32.1 Å². The van der Waals surface area contributed by atoms with E-state index in [1.807, 2.05) is 100 Å². The fourth-order valence-corrected chi connectivity index (χ4v) is 7.81. The second-order valence-corrected chi connectivity index (χ2v) is 23.8. The summed E-state index contributed by atoms with van der Waals surface area (Å²) in [5.41, 5.74) is -0.992. The molecule has 2 aromatic rings. The number of rotatable bonds is 12. The third kappa shape index (κ3) is 12.0. The monoisotopic (exact) mass is 780 g/mol. The van der Waals surface area contributed by atoms with E-state index in [2.05, 4.69) is 33.9 Å². The minimum atomic E-state index is -1.95. The second kappa shape index (κ2) is 17.7. The van der Waals surface area contributed by atoms with Gasteiger partial charge in [0.25, 0.3) is 0 Å². The summed E-state index contributed by atoms with van der Waals surface area (Å²) in [5.74, 6) is -0.782. The van der Waals surface area contributed by atoms with Crippen LogP contribution in [0.1, 0.15) is 125 Å².